The van der Waals surface area contributed by atoms with Gasteiger partial charge in [0.05, 0.1) is 6.54 Å². The number of esters is 1. The summed E-state index contributed by atoms with van der Waals surface area (Å²) in [5.74, 6) is 1.47. The van der Waals surface area contributed by atoms with Crippen molar-refractivity contribution in [1.82, 2.24) is 4.90 Å². The molecule has 2 fully saturated rings. The van der Waals surface area contributed by atoms with Crippen molar-refractivity contribution in [2.24, 2.45) is 17.6 Å². The maximum atomic E-state index is 12.1. The molecule has 0 amide bonds. The minimum atomic E-state index is -0.403. The van der Waals surface area contributed by atoms with Crippen LogP contribution in [0.15, 0.2) is 24.3 Å². The number of anilines is 1. The number of nitrogens with two attached hydrogens (primary N) is 1. The van der Waals surface area contributed by atoms with E-state index < -0.39 is 5.60 Å². The van der Waals surface area contributed by atoms with Crippen molar-refractivity contribution in [2.45, 2.75) is 52.1 Å². The highest BCUT2D eigenvalue weighted by Gasteiger charge is 2.30. The molecule has 1 aromatic carbocycles. The van der Waals surface area contributed by atoms with Gasteiger partial charge in [-0.2, -0.15) is 0 Å². The molecule has 29 heavy (non-hydrogen) atoms. The summed E-state index contributed by atoms with van der Waals surface area (Å²) < 4.78 is 5.46. The number of rotatable bonds is 5. The van der Waals surface area contributed by atoms with Crippen LogP contribution in [0.4, 0.5) is 5.69 Å². The van der Waals surface area contributed by atoms with Gasteiger partial charge in [-0.3, -0.25) is 9.69 Å². The van der Waals surface area contributed by atoms with Gasteiger partial charge in [0.25, 0.3) is 0 Å². The zero-order valence-corrected chi connectivity index (χ0v) is 18.8. The first-order chi connectivity index (χ1) is 13.7. The summed E-state index contributed by atoms with van der Waals surface area (Å²) in [6, 6.07) is 8.29. The van der Waals surface area contributed by atoms with E-state index in [2.05, 4.69) is 21.9 Å². The number of hydrogen-bond donors (Lipinski definition) is 1. The van der Waals surface area contributed by atoms with E-state index in [-0.39, 0.29) is 5.97 Å². The summed E-state index contributed by atoms with van der Waals surface area (Å²) in [6.45, 7) is 10.4. The molecule has 6 heteroatoms. The molecule has 0 bridgehead atoms. The smallest absolute Gasteiger partial charge is 0.320 e. The van der Waals surface area contributed by atoms with Crippen LogP contribution in [0, 0.1) is 11.8 Å². The molecule has 160 valence electrons. The van der Waals surface area contributed by atoms with E-state index in [0.717, 1.165) is 43.6 Å². The Morgan fingerprint density at radius 3 is 2.03 bits per heavy atom. The van der Waals surface area contributed by atoms with Crippen molar-refractivity contribution in [3.8, 4) is 0 Å². The van der Waals surface area contributed by atoms with Gasteiger partial charge in [0.2, 0.25) is 0 Å². The fourth-order valence-electron chi connectivity index (χ4n) is 4.60. The second-order valence-electron chi connectivity index (χ2n) is 9.44. The van der Waals surface area contributed by atoms with Crippen molar-refractivity contribution in [3.63, 3.8) is 0 Å². The second-order valence-corrected chi connectivity index (χ2v) is 9.88. The van der Waals surface area contributed by atoms with Crippen molar-refractivity contribution in [3.05, 3.63) is 29.8 Å². The molecule has 2 aliphatic heterocycles. The summed E-state index contributed by atoms with van der Waals surface area (Å²) in [6.07, 6.45) is 4.87. The number of hydrogen-bond acceptors (Lipinski definition) is 5. The fourth-order valence-corrected chi connectivity index (χ4v) is 4.74. The normalized spacial score (nSPS) is 19.9. The fraction of sp³-hybridized carbons (Fsp3) is 0.652. The first-order valence-corrected chi connectivity index (χ1v) is 11.2. The third kappa shape index (κ3) is 6.41. The second kappa shape index (κ2) is 9.43. The highest BCUT2D eigenvalue weighted by Crippen LogP contribution is 2.34. The molecule has 2 N–H and O–H groups in total. The topological polar surface area (TPSA) is 58.8 Å². The SMILES string of the molecule is CC(C)(C)OC(=O)CN1CCC(C2CCN(c3ccc(C(N)=S)cc3)CC2)CC1. The minimum absolute atomic E-state index is 0.106. The van der Waals surface area contributed by atoms with Crippen molar-refractivity contribution >= 4 is 28.9 Å². The number of likely N-dealkylation sites (tertiary alicyclic amines) is 1. The zero-order chi connectivity index (χ0) is 21.0. The predicted molar refractivity (Wildman–Crippen MR) is 122 cm³/mol. The Morgan fingerprint density at radius 1 is 1.03 bits per heavy atom. The van der Waals surface area contributed by atoms with Gasteiger partial charge in [-0.1, -0.05) is 12.2 Å². The third-order valence-corrected chi connectivity index (χ3v) is 6.36. The molecule has 0 unspecified atom stereocenters. The number of thiocarbonyl (C=S) groups is 1. The molecule has 0 atom stereocenters. The first-order valence-electron chi connectivity index (χ1n) is 10.8. The summed E-state index contributed by atoms with van der Waals surface area (Å²) in [5.41, 5.74) is 7.48. The number of ether oxygens (including phenoxy) is 1. The van der Waals surface area contributed by atoms with E-state index in [9.17, 15) is 4.79 Å². The summed E-state index contributed by atoms with van der Waals surface area (Å²) in [7, 11) is 0. The van der Waals surface area contributed by atoms with Gasteiger partial charge in [-0.05, 0) is 95.6 Å². The highest BCUT2D eigenvalue weighted by molar-refractivity contribution is 7.80. The molecule has 0 aromatic heterocycles. The zero-order valence-electron chi connectivity index (χ0n) is 18.0. The first kappa shape index (κ1) is 22.0. The Hall–Kier alpha value is -1.66. The maximum Gasteiger partial charge on any atom is 0.320 e. The van der Waals surface area contributed by atoms with Gasteiger partial charge < -0.3 is 15.4 Å². The average molecular weight is 418 g/mol. The molecule has 3 rings (SSSR count). The molecule has 2 heterocycles. The molecule has 0 spiro atoms. The van der Waals surface area contributed by atoms with Gasteiger partial charge in [0, 0.05) is 24.3 Å². The quantitative estimate of drug-likeness (QED) is 0.584. The Kier molecular flexibility index (Phi) is 7.17. The van der Waals surface area contributed by atoms with Crippen LogP contribution < -0.4 is 10.6 Å². The summed E-state index contributed by atoms with van der Waals surface area (Å²) in [4.78, 5) is 17.2. The lowest BCUT2D eigenvalue weighted by Gasteiger charge is -2.40. The van der Waals surface area contributed by atoms with E-state index >= 15 is 0 Å². The minimum Gasteiger partial charge on any atom is -0.459 e. The van der Waals surface area contributed by atoms with Crippen LogP contribution in [0.5, 0.6) is 0 Å². The van der Waals surface area contributed by atoms with Crippen LogP contribution in [0.1, 0.15) is 52.0 Å². The van der Waals surface area contributed by atoms with Crippen LogP contribution in [0.2, 0.25) is 0 Å². The number of carbonyl (C=O) groups is 1. The number of piperidine rings is 2. The number of benzene rings is 1. The lowest BCUT2D eigenvalue weighted by atomic mass is 9.78. The molecule has 0 aliphatic carbocycles. The van der Waals surface area contributed by atoms with Gasteiger partial charge in [0.1, 0.15) is 10.6 Å². The largest absolute Gasteiger partial charge is 0.459 e. The van der Waals surface area contributed by atoms with Crippen molar-refractivity contribution < 1.29 is 9.53 Å². The van der Waals surface area contributed by atoms with Crippen LogP contribution in [-0.2, 0) is 9.53 Å². The van der Waals surface area contributed by atoms with Crippen LogP contribution >= 0.6 is 12.2 Å². The number of carbonyl (C=O) groups excluding carboxylic acids is 1. The van der Waals surface area contributed by atoms with E-state index in [0.29, 0.717) is 11.5 Å². The van der Waals surface area contributed by atoms with Crippen molar-refractivity contribution in [1.29, 1.82) is 0 Å². The molecule has 2 saturated heterocycles. The van der Waals surface area contributed by atoms with E-state index in [1.165, 1.54) is 31.4 Å². The highest BCUT2D eigenvalue weighted by atomic mass is 32.1. The molecule has 0 radical (unpaired) electrons. The molecule has 2 aliphatic rings. The van der Waals surface area contributed by atoms with Crippen LogP contribution in [0.25, 0.3) is 0 Å². The lowest BCUT2D eigenvalue weighted by Crippen LogP contribution is -2.43. The van der Waals surface area contributed by atoms with Crippen LogP contribution in [0.3, 0.4) is 0 Å². The molecule has 0 saturated carbocycles. The third-order valence-electron chi connectivity index (χ3n) is 6.13. The number of nitrogens with zero attached hydrogens (tertiary/aromatic N) is 2. The molecular formula is C23H35N3O2S. The van der Waals surface area contributed by atoms with Gasteiger partial charge >= 0.3 is 5.97 Å². The monoisotopic (exact) mass is 417 g/mol. The average Bonchev–Trinajstić information content (AvgIpc) is 2.67. The molecule has 1 aromatic rings. The van der Waals surface area contributed by atoms with E-state index in [1.807, 2.05) is 32.9 Å². The molecule has 5 nitrogen and oxygen atoms in total. The predicted octanol–water partition coefficient (Wildman–Crippen LogP) is 3.59. The lowest BCUT2D eigenvalue weighted by molar-refractivity contribution is -0.156. The Balaban J connectivity index is 1.42. The summed E-state index contributed by atoms with van der Waals surface area (Å²) in [5, 5.41) is 0. The maximum absolute atomic E-state index is 12.1. The molecular weight excluding hydrogens is 382 g/mol. The van der Waals surface area contributed by atoms with E-state index in [1.54, 1.807) is 0 Å². The Labute approximate surface area is 180 Å². The van der Waals surface area contributed by atoms with E-state index in [4.69, 9.17) is 22.7 Å². The van der Waals surface area contributed by atoms with Gasteiger partial charge in [-0.25, -0.2) is 0 Å². The Bertz CT molecular complexity index is 698. The van der Waals surface area contributed by atoms with Gasteiger partial charge in [0.15, 0.2) is 0 Å². The Morgan fingerprint density at radius 2 is 1.55 bits per heavy atom. The summed E-state index contributed by atoms with van der Waals surface area (Å²) >= 11 is 5.04. The van der Waals surface area contributed by atoms with Gasteiger partial charge in [-0.15, -0.1) is 0 Å². The van der Waals surface area contributed by atoms with Crippen molar-refractivity contribution in [2.75, 3.05) is 37.6 Å². The standard InChI is InChI=1S/C23H35N3O2S/c1-23(2,3)28-21(27)16-25-12-8-17(9-13-25)18-10-14-26(15-11-18)20-6-4-19(5-7-20)22(24)29/h4-7,17-18H,8-16H2,1-3H3,(H2,24,29). The van der Waals surface area contributed by atoms with Crippen LogP contribution in [-0.4, -0.2) is 54.2 Å².